The van der Waals surface area contributed by atoms with Crippen molar-refractivity contribution in [2.24, 2.45) is 0 Å². The molecule has 0 N–H and O–H groups in total. The van der Waals surface area contributed by atoms with Gasteiger partial charge in [0.05, 0.1) is 20.1 Å². The standard InChI is InChI=1S/C12H26O4Si/c1-5-16-17(6-2,7-3)11-10-15-9-8-12(13)14-4/h5-11H2,1-4H3. The van der Waals surface area contributed by atoms with E-state index in [1.165, 1.54) is 7.11 Å². The van der Waals surface area contributed by atoms with Gasteiger partial charge >= 0.3 is 5.97 Å². The van der Waals surface area contributed by atoms with Crippen LogP contribution < -0.4 is 0 Å². The van der Waals surface area contributed by atoms with E-state index in [1.807, 2.05) is 6.92 Å². The summed E-state index contributed by atoms with van der Waals surface area (Å²) < 4.78 is 16.0. The Bertz CT molecular complexity index is 205. The molecular weight excluding hydrogens is 236 g/mol. The molecule has 4 nitrogen and oxygen atoms in total. The van der Waals surface area contributed by atoms with Gasteiger partial charge in [0, 0.05) is 13.2 Å². The zero-order valence-corrected chi connectivity index (χ0v) is 12.6. The lowest BCUT2D eigenvalue weighted by atomic mass is 10.5. The molecule has 0 aromatic carbocycles. The molecule has 0 saturated heterocycles. The molecule has 0 aliphatic heterocycles. The van der Waals surface area contributed by atoms with E-state index in [9.17, 15) is 4.79 Å². The molecule has 0 aliphatic carbocycles. The molecule has 17 heavy (non-hydrogen) atoms. The Morgan fingerprint density at radius 3 is 2.24 bits per heavy atom. The molecule has 0 spiro atoms. The Hall–Kier alpha value is -0.393. The van der Waals surface area contributed by atoms with Gasteiger partial charge in [0.2, 0.25) is 0 Å². The summed E-state index contributed by atoms with van der Waals surface area (Å²) in [6, 6.07) is 3.25. The average Bonchev–Trinajstić information content (AvgIpc) is 2.36. The topological polar surface area (TPSA) is 44.8 Å². The maximum atomic E-state index is 10.9. The van der Waals surface area contributed by atoms with Crippen LogP contribution in [0.3, 0.4) is 0 Å². The van der Waals surface area contributed by atoms with Gasteiger partial charge in [-0.15, -0.1) is 0 Å². The highest BCUT2D eigenvalue weighted by Gasteiger charge is 2.29. The highest BCUT2D eigenvalue weighted by atomic mass is 28.4. The predicted octanol–water partition coefficient (Wildman–Crippen LogP) is 2.59. The van der Waals surface area contributed by atoms with Gasteiger partial charge in [0.1, 0.15) is 0 Å². The Morgan fingerprint density at radius 2 is 1.76 bits per heavy atom. The fourth-order valence-electron chi connectivity index (χ4n) is 1.80. The molecule has 0 radical (unpaired) electrons. The SMILES string of the molecule is CCO[Si](CC)(CC)CCOCCC(=O)OC. The molecule has 0 aliphatic rings. The van der Waals surface area contributed by atoms with Crippen molar-refractivity contribution in [1.82, 2.24) is 0 Å². The molecular formula is C12H26O4Si. The van der Waals surface area contributed by atoms with E-state index in [2.05, 4.69) is 18.6 Å². The molecule has 0 aromatic heterocycles. The van der Waals surface area contributed by atoms with Crippen LogP contribution in [0.25, 0.3) is 0 Å². The van der Waals surface area contributed by atoms with Crippen LogP contribution >= 0.6 is 0 Å². The van der Waals surface area contributed by atoms with Crippen molar-refractivity contribution < 1.29 is 18.7 Å². The average molecular weight is 262 g/mol. The normalized spacial score (nSPS) is 11.5. The third-order valence-electron chi connectivity index (χ3n) is 3.12. The summed E-state index contributed by atoms with van der Waals surface area (Å²) in [5.41, 5.74) is 0. The van der Waals surface area contributed by atoms with Crippen molar-refractivity contribution in [3.8, 4) is 0 Å². The molecule has 0 heterocycles. The van der Waals surface area contributed by atoms with E-state index in [1.54, 1.807) is 0 Å². The van der Waals surface area contributed by atoms with Gasteiger partial charge in [-0.25, -0.2) is 0 Å². The lowest BCUT2D eigenvalue weighted by Crippen LogP contribution is -2.37. The highest BCUT2D eigenvalue weighted by Crippen LogP contribution is 2.21. The molecule has 0 atom stereocenters. The smallest absolute Gasteiger partial charge is 0.307 e. The second kappa shape index (κ2) is 9.62. The zero-order valence-electron chi connectivity index (χ0n) is 11.6. The van der Waals surface area contributed by atoms with Crippen molar-refractivity contribution in [3.05, 3.63) is 0 Å². The fourth-order valence-corrected chi connectivity index (χ4v) is 4.69. The number of hydrogen-bond acceptors (Lipinski definition) is 4. The lowest BCUT2D eigenvalue weighted by molar-refractivity contribution is -0.141. The van der Waals surface area contributed by atoms with Gasteiger partial charge in [-0.05, 0) is 25.1 Å². The maximum absolute atomic E-state index is 10.9. The summed E-state index contributed by atoms with van der Waals surface area (Å²) >= 11 is 0. The predicted molar refractivity (Wildman–Crippen MR) is 70.6 cm³/mol. The minimum atomic E-state index is -1.57. The summed E-state index contributed by atoms with van der Waals surface area (Å²) in [6.07, 6.45) is 0.331. The summed E-state index contributed by atoms with van der Waals surface area (Å²) in [4.78, 5) is 10.9. The minimum Gasteiger partial charge on any atom is -0.469 e. The van der Waals surface area contributed by atoms with Gasteiger partial charge in [-0.3, -0.25) is 4.79 Å². The van der Waals surface area contributed by atoms with Gasteiger partial charge in [0.25, 0.3) is 0 Å². The molecule has 0 fully saturated rings. The fraction of sp³-hybridized carbons (Fsp3) is 0.917. The van der Waals surface area contributed by atoms with Gasteiger partial charge in [-0.2, -0.15) is 0 Å². The van der Waals surface area contributed by atoms with Crippen LogP contribution in [-0.2, 0) is 18.7 Å². The molecule has 0 rings (SSSR count). The first-order valence-corrected chi connectivity index (χ1v) is 8.95. The molecule has 102 valence electrons. The number of carbonyl (C=O) groups excluding carboxylic acids is 1. The number of rotatable bonds is 10. The summed E-state index contributed by atoms with van der Waals surface area (Å²) in [7, 11) is -0.178. The van der Waals surface area contributed by atoms with Crippen molar-refractivity contribution in [2.75, 3.05) is 26.9 Å². The van der Waals surface area contributed by atoms with E-state index in [0.29, 0.717) is 19.6 Å². The molecule has 0 amide bonds. The zero-order chi connectivity index (χ0) is 13.1. The largest absolute Gasteiger partial charge is 0.469 e. The molecule has 5 heteroatoms. The first-order valence-electron chi connectivity index (χ1n) is 6.42. The van der Waals surface area contributed by atoms with Crippen molar-refractivity contribution >= 4 is 14.3 Å². The van der Waals surface area contributed by atoms with Gasteiger partial charge < -0.3 is 13.9 Å². The summed E-state index contributed by atoms with van der Waals surface area (Å²) in [5.74, 6) is -0.218. The van der Waals surface area contributed by atoms with Crippen LogP contribution in [0.1, 0.15) is 27.2 Å². The minimum absolute atomic E-state index is 0.218. The van der Waals surface area contributed by atoms with Crippen LogP contribution in [0.2, 0.25) is 18.1 Å². The number of methoxy groups -OCH3 is 1. The monoisotopic (exact) mass is 262 g/mol. The van der Waals surface area contributed by atoms with Crippen LogP contribution in [0.4, 0.5) is 0 Å². The highest BCUT2D eigenvalue weighted by molar-refractivity contribution is 6.73. The third-order valence-corrected chi connectivity index (χ3v) is 7.71. The number of esters is 1. The van der Waals surface area contributed by atoms with Crippen molar-refractivity contribution in [2.45, 2.75) is 45.3 Å². The van der Waals surface area contributed by atoms with Crippen LogP contribution in [0, 0.1) is 0 Å². The maximum Gasteiger partial charge on any atom is 0.307 e. The van der Waals surface area contributed by atoms with Gasteiger partial charge in [-0.1, -0.05) is 13.8 Å². The number of carbonyl (C=O) groups is 1. The van der Waals surface area contributed by atoms with E-state index in [0.717, 1.165) is 24.7 Å². The second-order valence-electron chi connectivity index (χ2n) is 4.01. The Kier molecular flexibility index (Phi) is 9.40. The molecule has 0 saturated carbocycles. The Labute approximate surface area is 106 Å². The second-order valence-corrected chi connectivity index (χ2v) is 8.58. The van der Waals surface area contributed by atoms with Crippen LogP contribution in [0.15, 0.2) is 0 Å². The van der Waals surface area contributed by atoms with Crippen LogP contribution in [-0.4, -0.2) is 41.2 Å². The number of hydrogen-bond donors (Lipinski definition) is 0. The first kappa shape index (κ1) is 16.6. The van der Waals surface area contributed by atoms with Crippen molar-refractivity contribution in [1.29, 1.82) is 0 Å². The molecule has 0 aromatic rings. The van der Waals surface area contributed by atoms with Crippen LogP contribution in [0.5, 0.6) is 0 Å². The van der Waals surface area contributed by atoms with E-state index in [-0.39, 0.29) is 5.97 Å². The summed E-state index contributed by atoms with van der Waals surface area (Å²) in [6.45, 7) is 8.35. The number of ether oxygens (including phenoxy) is 2. The van der Waals surface area contributed by atoms with Crippen molar-refractivity contribution in [3.63, 3.8) is 0 Å². The third kappa shape index (κ3) is 6.80. The quantitative estimate of drug-likeness (QED) is 0.345. The van der Waals surface area contributed by atoms with E-state index < -0.39 is 8.32 Å². The molecule has 0 bridgehead atoms. The Morgan fingerprint density at radius 1 is 1.12 bits per heavy atom. The van der Waals surface area contributed by atoms with E-state index in [4.69, 9.17) is 9.16 Å². The Balaban J connectivity index is 3.78. The van der Waals surface area contributed by atoms with E-state index >= 15 is 0 Å². The summed E-state index contributed by atoms with van der Waals surface area (Å²) in [5, 5.41) is 0. The lowest BCUT2D eigenvalue weighted by Gasteiger charge is -2.28. The van der Waals surface area contributed by atoms with Gasteiger partial charge in [0.15, 0.2) is 8.32 Å². The molecule has 0 unspecified atom stereocenters. The first-order chi connectivity index (χ1) is 8.14.